The van der Waals surface area contributed by atoms with Crippen LogP contribution in [0.25, 0.3) is 16.7 Å². The van der Waals surface area contributed by atoms with Crippen molar-refractivity contribution < 1.29 is 42.9 Å². The first kappa shape index (κ1) is 30.1. The summed E-state index contributed by atoms with van der Waals surface area (Å²) in [6, 6.07) is 1.55. The summed E-state index contributed by atoms with van der Waals surface area (Å²) in [5.41, 5.74) is 3.88. The van der Waals surface area contributed by atoms with E-state index < -0.39 is 58.0 Å². The molecule has 1 aromatic carbocycles. The number of nitrogens with zero attached hydrogens (tertiary/aromatic N) is 3. The van der Waals surface area contributed by atoms with E-state index in [1.54, 1.807) is 4.90 Å². The van der Waals surface area contributed by atoms with Gasteiger partial charge in [-0.05, 0) is 28.5 Å². The van der Waals surface area contributed by atoms with Gasteiger partial charge in [-0.1, -0.05) is 6.92 Å². The van der Waals surface area contributed by atoms with Gasteiger partial charge in [0.1, 0.15) is 11.4 Å². The SMILES string of the molecule is CCNC1CN(c2c(F)cc3c(=O)c(C(=O)O)cn(-c4nc(N)c(F)cc4F)c3c2Br)C1.O=C(O)C=CC(=O)O. The Balaban J connectivity index is 0.000000482. The first-order valence-corrected chi connectivity index (χ1v) is 12.1. The molecule has 1 aliphatic heterocycles. The molecule has 16 heteroatoms. The number of nitrogen functional groups attached to an aromatic ring is 1. The van der Waals surface area contributed by atoms with Crippen molar-refractivity contribution in [3.8, 4) is 5.82 Å². The van der Waals surface area contributed by atoms with Gasteiger partial charge >= 0.3 is 17.9 Å². The van der Waals surface area contributed by atoms with Crippen molar-refractivity contribution >= 4 is 56.2 Å². The Bertz CT molecular complexity index is 1590. The molecule has 6 N–H and O–H groups in total. The number of hydrogen-bond donors (Lipinski definition) is 5. The van der Waals surface area contributed by atoms with Crippen molar-refractivity contribution in [1.82, 2.24) is 14.9 Å². The minimum atomic E-state index is -1.60. The van der Waals surface area contributed by atoms with Crippen molar-refractivity contribution in [1.29, 1.82) is 0 Å². The number of carboxylic acid groups (broad SMARTS) is 3. The molecule has 1 fully saturated rings. The topological polar surface area (TPSA) is 188 Å². The monoisotopic (exact) mass is 627 g/mol. The lowest BCUT2D eigenvalue weighted by Gasteiger charge is -2.42. The van der Waals surface area contributed by atoms with Crippen LogP contribution in [0.2, 0.25) is 0 Å². The molecule has 0 atom stereocenters. The fraction of sp³-hybridized carbons (Fsp3) is 0.208. The molecule has 212 valence electrons. The number of aliphatic carboxylic acids is 2. The molecule has 1 saturated heterocycles. The lowest BCUT2D eigenvalue weighted by molar-refractivity contribution is -0.134. The van der Waals surface area contributed by atoms with Gasteiger partial charge < -0.3 is 31.3 Å². The van der Waals surface area contributed by atoms with E-state index in [0.717, 1.165) is 23.4 Å². The number of nitrogens with one attached hydrogen (secondary N) is 1. The van der Waals surface area contributed by atoms with E-state index in [9.17, 15) is 33.1 Å². The third kappa shape index (κ3) is 6.23. The highest BCUT2D eigenvalue weighted by atomic mass is 79.9. The molecule has 0 spiro atoms. The molecule has 40 heavy (non-hydrogen) atoms. The summed E-state index contributed by atoms with van der Waals surface area (Å²) in [5.74, 6) is -8.28. The highest BCUT2D eigenvalue weighted by Crippen LogP contribution is 2.38. The van der Waals surface area contributed by atoms with Crippen LogP contribution in [0.4, 0.5) is 24.7 Å². The second kappa shape index (κ2) is 12.2. The first-order valence-electron chi connectivity index (χ1n) is 11.3. The van der Waals surface area contributed by atoms with Crippen LogP contribution in [0.15, 0.2) is 39.7 Å². The molecule has 0 aliphatic carbocycles. The number of carboxylic acids is 3. The number of anilines is 2. The number of halogens is 4. The maximum atomic E-state index is 15.1. The van der Waals surface area contributed by atoms with Crippen molar-refractivity contribution in [3.63, 3.8) is 0 Å². The minimum Gasteiger partial charge on any atom is -0.478 e. The van der Waals surface area contributed by atoms with Crippen LogP contribution in [0.5, 0.6) is 0 Å². The standard InChI is InChI=1S/C20H17BrF3N5O3.C4H4O4/c1-2-26-8-5-28(6-8)16-11(22)3-9-15(14(16)21)29(7-10(17(9)30)20(31)32)19-13(24)4-12(23)18(25)27-19;5-3(6)1-2-4(7)8/h3-4,7-8,26H,2,5-6H2,1H3,(H2,25,27)(H,31,32);1-2H,(H,5,6)(H,7,8). The second-order valence-corrected chi connectivity index (χ2v) is 9.09. The van der Waals surface area contributed by atoms with Gasteiger partial charge in [-0.15, -0.1) is 0 Å². The number of nitrogens with two attached hydrogens (primary N) is 1. The van der Waals surface area contributed by atoms with Crippen LogP contribution in [0.3, 0.4) is 0 Å². The molecule has 3 aromatic rings. The lowest BCUT2D eigenvalue weighted by Crippen LogP contribution is -2.58. The molecule has 0 unspecified atom stereocenters. The predicted octanol–water partition coefficient (Wildman–Crippen LogP) is 2.36. The normalized spacial score (nSPS) is 13.2. The molecule has 12 nitrogen and oxygen atoms in total. The highest BCUT2D eigenvalue weighted by molar-refractivity contribution is 9.10. The van der Waals surface area contributed by atoms with Gasteiger partial charge in [0, 0.05) is 43.5 Å². The summed E-state index contributed by atoms with van der Waals surface area (Å²) in [5, 5.41) is 28.0. The van der Waals surface area contributed by atoms with Crippen molar-refractivity contribution in [3.05, 3.63) is 68.2 Å². The van der Waals surface area contributed by atoms with Gasteiger partial charge in [0.15, 0.2) is 23.3 Å². The molecule has 0 bridgehead atoms. The van der Waals surface area contributed by atoms with Gasteiger partial charge in [0.2, 0.25) is 5.43 Å². The summed E-state index contributed by atoms with van der Waals surface area (Å²) >= 11 is 3.30. The number of fused-ring (bicyclic) bond motifs is 1. The van der Waals surface area contributed by atoms with Crippen LogP contribution in [-0.4, -0.2) is 68.5 Å². The Morgan fingerprint density at radius 2 is 1.70 bits per heavy atom. The zero-order valence-electron chi connectivity index (χ0n) is 20.5. The van der Waals surface area contributed by atoms with Gasteiger partial charge in [-0.2, -0.15) is 0 Å². The van der Waals surface area contributed by atoms with Crippen molar-refractivity contribution in [2.24, 2.45) is 0 Å². The lowest BCUT2D eigenvalue weighted by atomic mass is 10.0. The predicted molar refractivity (Wildman–Crippen MR) is 140 cm³/mol. The molecule has 0 radical (unpaired) electrons. The third-order valence-corrected chi connectivity index (χ3v) is 6.36. The third-order valence-electron chi connectivity index (χ3n) is 5.61. The quantitative estimate of drug-likeness (QED) is 0.242. The number of benzene rings is 1. The summed E-state index contributed by atoms with van der Waals surface area (Å²) < 4.78 is 44.4. The summed E-state index contributed by atoms with van der Waals surface area (Å²) in [4.78, 5) is 48.9. The second-order valence-electron chi connectivity index (χ2n) is 8.29. The van der Waals surface area contributed by atoms with Crippen LogP contribution in [0.1, 0.15) is 17.3 Å². The Hall–Kier alpha value is -4.44. The molecule has 2 aromatic heterocycles. The largest absolute Gasteiger partial charge is 0.478 e. The fourth-order valence-corrected chi connectivity index (χ4v) is 4.72. The van der Waals surface area contributed by atoms with E-state index >= 15 is 4.39 Å². The van der Waals surface area contributed by atoms with E-state index in [1.165, 1.54) is 0 Å². The molecule has 1 aliphatic rings. The molecule has 4 rings (SSSR count). The van der Waals surface area contributed by atoms with Gasteiger partial charge in [-0.25, -0.2) is 32.5 Å². The van der Waals surface area contributed by atoms with Crippen molar-refractivity contribution in [2.75, 3.05) is 30.3 Å². The maximum absolute atomic E-state index is 15.1. The first-order chi connectivity index (χ1) is 18.8. The van der Waals surface area contributed by atoms with E-state index in [-0.39, 0.29) is 27.1 Å². The molecule has 0 saturated carbocycles. The maximum Gasteiger partial charge on any atom is 0.341 e. The van der Waals surface area contributed by atoms with E-state index in [0.29, 0.717) is 31.3 Å². The van der Waals surface area contributed by atoms with Crippen LogP contribution < -0.4 is 21.4 Å². The van der Waals surface area contributed by atoms with Crippen LogP contribution >= 0.6 is 15.9 Å². The smallest absolute Gasteiger partial charge is 0.341 e. The number of aromatic carboxylic acids is 1. The number of likely N-dealkylation sites (N-methyl/N-ethyl adjacent to an activating group) is 1. The number of pyridine rings is 2. The number of carbonyl (C=O) groups is 3. The highest BCUT2D eigenvalue weighted by Gasteiger charge is 2.32. The zero-order valence-corrected chi connectivity index (χ0v) is 22.1. The molecular formula is C24H21BrF3N5O7. The zero-order chi connectivity index (χ0) is 29.9. The average Bonchev–Trinajstić information content (AvgIpc) is 2.84. The molecule has 0 amide bonds. The fourth-order valence-electron chi connectivity index (χ4n) is 3.87. The number of hydrogen-bond acceptors (Lipinski definition) is 8. The summed E-state index contributed by atoms with van der Waals surface area (Å²) in [7, 11) is 0. The summed E-state index contributed by atoms with van der Waals surface area (Å²) in [6.45, 7) is 3.67. The number of rotatable bonds is 7. The van der Waals surface area contributed by atoms with Gasteiger partial charge in [0.25, 0.3) is 0 Å². The van der Waals surface area contributed by atoms with Gasteiger partial charge in [-0.3, -0.25) is 9.36 Å². The summed E-state index contributed by atoms with van der Waals surface area (Å²) in [6.07, 6.45) is 1.98. The Kier molecular flexibility index (Phi) is 9.16. The van der Waals surface area contributed by atoms with E-state index in [4.69, 9.17) is 15.9 Å². The number of aromatic nitrogens is 2. The Morgan fingerprint density at radius 3 is 2.23 bits per heavy atom. The van der Waals surface area contributed by atoms with Crippen LogP contribution in [0, 0.1) is 17.5 Å². The van der Waals surface area contributed by atoms with Gasteiger partial charge in [0.05, 0.1) is 21.1 Å². The average molecular weight is 628 g/mol. The van der Waals surface area contributed by atoms with E-state index in [2.05, 4.69) is 26.2 Å². The Labute approximate surface area is 231 Å². The van der Waals surface area contributed by atoms with E-state index in [1.807, 2.05) is 6.92 Å². The molecule has 3 heterocycles. The minimum absolute atomic E-state index is 0.0271. The van der Waals surface area contributed by atoms with Crippen LogP contribution in [-0.2, 0) is 9.59 Å². The molecular weight excluding hydrogens is 607 g/mol. The Morgan fingerprint density at radius 1 is 1.10 bits per heavy atom. The van der Waals surface area contributed by atoms with Crippen molar-refractivity contribution in [2.45, 2.75) is 13.0 Å².